The molecule has 0 aliphatic heterocycles. The molecule has 1 unspecified atom stereocenters. The lowest BCUT2D eigenvalue weighted by Gasteiger charge is -2.13. The maximum absolute atomic E-state index is 11.6. The van der Waals surface area contributed by atoms with Crippen LogP contribution < -0.4 is 5.32 Å². The molecule has 0 fully saturated rings. The number of methoxy groups -OCH3 is 1. The third-order valence-electron chi connectivity index (χ3n) is 2.77. The third-order valence-corrected chi connectivity index (χ3v) is 4.13. The minimum Gasteiger partial charge on any atom is -0.468 e. The molecule has 112 valence electrons. The number of anilines is 1. The summed E-state index contributed by atoms with van der Waals surface area (Å²) in [6.07, 6.45) is 7.43. The summed E-state index contributed by atoms with van der Waals surface area (Å²) in [6, 6.07) is 1.79. The number of hydrogen-bond donors (Lipinski definition) is 1. The second-order valence-electron chi connectivity index (χ2n) is 4.38. The van der Waals surface area contributed by atoms with Gasteiger partial charge in [0.25, 0.3) is 0 Å². The fourth-order valence-corrected chi connectivity index (χ4v) is 2.84. The number of hydrogen-bond acceptors (Lipinski definition) is 6. The van der Waals surface area contributed by atoms with Gasteiger partial charge in [-0.2, -0.15) is 0 Å². The van der Waals surface area contributed by atoms with Crippen LogP contribution in [0.2, 0.25) is 0 Å². The van der Waals surface area contributed by atoms with E-state index in [-0.39, 0.29) is 11.2 Å². The summed E-state index contributed by atoms with van der Waals surface area (Å²) in [7, 11) is 1.45. The Morgan fingerprint density at radius 2 is 2.15 bits per heavy atom. The van der Waals surface area contributed by atoms with Crippen molar-refractivity contribution in [2.24, 2.45) is 0 Å². The van der Waals surface area contributed by atoms with Gasteiger partial charge in [0, 0.05) is 18.9 Å². The van der Waals surface area contributed by atoms with E-state index in [1.807, 2.05) is 0 Å². The van der Waals surface area contributed by atoms with Gasteiger partial charge in [0.05, 0.1) is 7.11 Å². The average molecular weight is 297 g/mol. The Bertz CT molecular complexity index is 376. The van der Waals surface area contributed by atoms with E-state index >= 15 is 0 Å². The van der Waals surface area contributed by atoms with Crippen LogP contribution in [0.5, 0.6) is 0 Å². The van der Waals surface area contributed by atoms with Gasteiger partial charge >= 0.3 is 5.97 Å². The molecule has 0 saturated carbocycles. The van der Waals surface area contributed by atoms with Gasteiger partial charge in [-0.1, -0.05) is 19.8 Å². The van der Waals surface area contributed by atoms with Gasteiger partial charge in [0.2, 0.25) is 5.95 Å². The molecule has 1 atom stereocenters. The van der Waals surface area contributed by atoms with Gasteiger partial charge in [0.15, 0.2) is 0 Å². The summed E-state index contributed by atoms with van der Waals surface area (Å²) in [6.45, 7) is 2.93. The van der Waals surface area contributed by atoms with E-state index in [0.29, 0.717) is 5.95 Å². The van der Waals surface area contributed by atoms with Crippen LogP contribution >= 0.6 is 11.8 Å². The van der Waals surface area contributed by atoms with Gasteiger partial charge in [-0.25, -0.2) is 9.97 Å². The van der Waals surface area contributed by atoms with Crippen molar-refractivity contribution in [2.75, 3.05) is 24.7 Å². The van der Waals surface area contributed by atoms with Gasteiger partial charge < -0.3 is 10.1 Å². The molecule has 6 heteroatoms. The smallest absolute Gasteiger partial charge is 0.318 e. The van der Waals surface area contributed by atoms with E-state index in [2.05, 4.69) is 22.2 Å². The lowest BCUT2D eigenvalue weighted by Crippen LogP contribution is -2.19. The zero-order valence-corrected chi connectivity index (χ0v) is 13.0. The zero-order valence-electron chi connectivity index (χ0n) is 12.2. The molecule has 5 nitrogen and oxygen atoms in total. The van der Waals surface area contributed by atoms with Crippen molar-refractivity contribution in [1.29, 1.82) is 0 Å². The molecule has 20 heavy (non-hydrogen) atoms. The van der Waals surface area contributed by atoms with E-state index in [9.17, 15) is 4.79 Å². The zero-order chi connectivity index (χ0) is 14.6. The molecule has 0 aliphatic rings. The first-order valence-corrected chi connectivity index (χ1v) is 8.03. The molecule has 0 aromatic carbocycles. The second kappa shape index (κ2) is 10.5. The average Bonchev–Trinajstić information content (AvgIpc) is 2.50. The molecule has 1 aromatic rings. The molecule has 1 N–H and O–H groups in total. The lowest BCUT2D eigenvalue weighted by atomic mass is 10.2. The predicted molar refractivity (Wildman–Crippen MR) is 82.9 cm³/mol. The monoisotopic (exact) mass is 297 g/mol. The van der Waals surface area contributed by atoms with Gasteiger partial charge in [-0.3, -0.25) is 4.79 Å². The Morgan fingerprint density at radius 3 is 2.80 bits per heavy atom. The second-order valence-corrected chi connectivity index (χ2v) is 5.69. The van der Waals surface area contributed by atoms with Crippen LogP contribution in [0, 0.1) is 0 Å². The van der Waals surface area contributed by atoms with E-state index in [1.54, 1.807) is 30.2 Å². The van der Waals surface area contributed by atoms with Crippen LogP contribution in [0.15, 0.2) is 18.5 Å². The van der Waals surface area contributed by atoms with Crippen LogP contribution in [0.1, 0.15) is 32.6 Å². The molecular weight excluding hydrogens is 274 g/mol. The summed E-state index contributed by atoms with van der Waals surface area (Å²) >= 11 is 1.67. The fourth-order valence-electron chi connectivity index (χ4n) is 1.68. The summed E-state index contributed by atoms with van der Waals surface area (Å²) in [5.74, 6) is 1.46. The number of carbonyl (C=O) groups is 1. The van der Waals surface area contributed by atoms with Gasteiger partial charge in [0.1, 0.15) is 5.25 Å². The molecule has 0 saturated heterocycles. The molecule has 0 spiro atoms. The first kappa shape index (κ1) is 16.8. The lowest BCUT2D eigenvalue weighted by molar-refractivity contribution is -0.140. The van der Waals surface area contributed by atoms with Crippen molar-refractivity contribution in [3.05, 3.63) is 18.5 Å². The summed E-state index contributed by atoms with van der Waals surface area (Å²) in [5.41, 5.74) is 0. The van der Waals surface area contributed by atoms with Crippen LogP contribution in [0.3, 0.4) is 0 Å². The molecule has 1 rings (SSSR count). The maximum Gasteiger partial charge on any atom is 0.318 e. The Labute approximate surface area is 124 Å². The topological polar surface area (TPSA) is 64.1 Å². The SMILES string of the molecule is CCCCC(SCCCNc1ncccn1)C(=O)OC. The number of aromatic nitrogens is 2. The highest BCUT2D eigenvalue weighted by atomic mass is 32.2. The number of thioether (sulfide) groups is 1. The Hall–Kier alpha value is -1.30. The van der Waals surface area contributed by atoms with Gasteiger partial charge in [-0.05, 0) is 24.7 Å². The van der Waals surface area contributed by atoms with E-state index in [4.69, 9.17) is 4.74 Å². The Kier molecular flexibility index (Phi) is 8.78. The molecule has 0 radical (unpaired) electrons. The van der Waals surface area contributed by atoms with Crippen molar-refractivity contribution < 1.29 is 9.53 Å². The molecule has 0 amide bonds. The number of unbranched alkanes of at least 4 members (excludes halogenated alkanes) is 1. The summed E-state index contributed by atoms with van der Waals surface area (Å²) in [5, 5.41) is 3.12. The van der Waals surface area contributed by atoms with Gasteiger partial charge in [-0.15, -0.1) is 11.8 Å². The number of carbonyl (C=O) groups excluding carboxylic acids is 1. The third kappa shape index (κ3) is 6.75. The standard InChI is InChI=1S/C14H23N3O2S/c1-3-4-7-12(13(18)19-2)20-11-6-10-17-14-15-8-5-9-16-14/h5,8-9,12H,3-4,6-7,10-11H2,1-2H3,(H,15,16,17). The highest BCUT2D eigenvalue weighted by molar-refractivity contribution is 8.00. The highest BCUT2D eigenvalue weighted by Gasteiger charge is 2.18. The number of rotatable bonds is 10. The summed E-state index contributed by atoms with van der Waals surface area (Å²) in [4.78, 5) is 19.8. The van der Waals surface area contributed by atoms with Crippen LogP contribution in [0.4, 0.5) is 5.95 Å². The van der Waals surface area contributed by atoms with E-state index in [0.717, 1.165) is 38.0 Å². The first-order chi connectivity index (χ1) is 9.77. The van der Waals surface area contributed by atoms with Crippen molar-refractivity contribution in [3.63, 3.8) is 0 Å². The van der Waals surface area contributed by atoms with Crippen LogP contribution in [-0.2, 0) is 9.53 Å². The quantitative estimate of drug-likeness (QED) is 0.529. The molecule has 0 bridgehead atoms. The molecule has 1 heterocycles. The first-order valence-electron chi connectivity index (χ1n) is 6.98. The number of esters is 1. The number of nitrogens with zero attached hydrogens (tertiary/aromatic N) is 2. The molecular formula is C14H23N3O2S. The van der Waals surface area contributed by atoms with Crippen molar-refractivity contribution in [2.45, 2.75) is 37.9 Å². The number of ether oxygens (including phenoxy) is 1. The van der Waals surface area contributed by atoms with Crippen LogP contribution in [0.25, 0.3) is 0 Å². The molecule has 0 aliphatic carbocycles. The fraction of sp³-hybridized carbons (Fsp3) is 0.643. The Balaban J connectivity index is 2.18. The van der Waals surface area contributed by atoms with Crippen molar-refractivity contribution in [3.8, 4) is 0 Å². The minimum absolute atomic E-state index is 0.0343. The van der Waals surface area contributed by atoms with Crippen molar-refractivity contribution in [1.82, 2.24) is 9.97 Å². The highest BCUT2D eigenvalue weighted by Crippen LogP contribution is 2.19. The Morgan fingerprint density at radius 1 is 1.40 bits per heavy atom. The number of nitrogens with one attached hydrogen (secondary N) is 1. The van der Waals surface area contributed by atoms with E-state index < -0.39 is 0 Å². The maximum atomic E-state index is 11.6. The summed E-state index contributed by atoms with van der Waals surface area (Å²) < 4.78 is 4.84. The minimum atomic E-state index is -0.109. The van der Waals surface area contributed by atoms with Crippen LogP contribution in [-0.4, -0.2) is 40.6 Å². The normalized spacial score (nSPS) is 11.9. The largest absolute Gasteiger partial charge is 0.468 e. The molecule has 1 aromatic heterocycles. The predicted octanol–water partition coefficient (Wildman–Crippen LogP) is 2.74. The van der Waals surface area contributed by atoms with Crippen molar-refractivity contribution >= 4 is 23.7 Å². The van der Waals surface area contributed by atoms with E-state index in [1.165, 1.54) is 7.11 Å².